The van der Waals surface area contributed by atoms with E-state index < -0.39 is 0 Å². The lowest BCUT2D eigenvalue weighted by molar-refractivity contribution is 0.0628. The molecule has 0 spiro atoms. The summed E-state index contributed by atoms with van der Waals surface area (Å²) in [7, 11) is 1.63. The molecule has 1 saturated heterocycles. The first kappa shape index (κ1) is 21.9. The maximum atomic E-state index is 13.1. The average molecular weight is 431 g/mol. The molecule has 1 fully saturated rings. The van der Waals surface area contributed by atoms with E-state index in [2.05, 4.69) is 36.1 Å². The number of carbonyl (C=O) groups is 1. The molecule has 0 N–H and O–H groups in total. The van der Waals surface area contributed by atoms with Crippen molar-refractivity contribution in [3.8, 4) is 11.5 Å². The predicted octanol–water partition coefficient (Wildman–Crippen LogP) is 4.54. The first-order chi connectivity index (χ1) is 15.6. The minimum Gasteiger partial charge on any atom is -0.493 e. The van der Waals surface area contributed by atoms with Gasteiger partial charge in [0, 0.05) is 38.3 Å². The van der Waals surface area contributed by atoms with Crippen LogP contribution in [0.3, 0.4) is 0 Å². The molecule has 0 atom stereocenters. The molecule has 1 amide bonds. The van der Waals surface area contributed by atoms with E-state index in [1.165, 1.54) is 11.1 Å². The Morgan fingerprint density at radius 3 is 2.28 bits per heavy atom. The van der Waals surface area contributed by atoms with E-state index >= 15 is 0 Å². The molecule has 1 aliphatic heterocycles. The van der Waals surface area contributed by atoms with E-state index in [1.54, 1.807) is 7.11 Å². The Balaban J connectivity index is 1.32. The highest BCUT2D eigenvalue weighted by atomic mass is 16.5. The van der Waals surface area contributed by atoms with Crippen LogP contribution in [0.5, 0.6) is 11.5 Å². The number of nitrogens with zero attached hydrogens (tertiary/aromatic N) is 2. The van der Waals surface area contributed by atoms with Gasteiger partial charge in [-0.1, -0.05) is 54.1 Å². The zero-order chi connectivity index (χ0) is 22.3. The fourth-order valence-electron chi connectivity index (χ4n) is 3.94. The van der Waals surface area contributed by atoms with Crippen LogP contribution in [0.4, 0.5) is 0 Å². The van der Waals surface area contributed by atoms with Crippen LogP contribution in [0.25, 0.3) is 0 Å². The molecule has 1 aliphatic rings. The Morgan fingerprint density at radius 2 is 1.56 bits per heavy atom. The number of hydrogen-bond acceptors (Lipinski definition) is 4. The maximum Gasteiger partial charge on any atom is 0.253 e. The lowest BCUT2D eigenvalue weighted by Crippen LogP contribution is -2.48. The third-order valence-electron chi connectivity index (χ3n) is 5.82. The third kappa shape index (κ3) is 5.48. The summed E-state index contributed by atoms with van der Waals surface area (Å²) in [4.78, 5) is 17.4. The van der Waals surface area contributed by atoms with Crippen LogP contribution in [0.2, 0.25) is 0 Å². The molecule has 0 radical (unpaired) electrons. The zero-order valence-corrected chi connectivity index (χ0v) is 18.8. The second-order valence-corrected chi connectivity index (χ2v) is 8.19. The van der Waals surface area contributed by atoms with E-state index in [0.717, 1.165) is 38.3 Å². The van der Waals surface area contributed by atoms with Crippen LogP contribution < -0.4 is 9.47 Å². The molecule has 3 aromatic carbocycles. The average Bonchev–Trinajstić information content (AvgIpc) is 2.84. The third-order valence-corrected chi connectivity index (χ3v) is 5.82. The number of hydrogen-bond donors (Lipinski definition) is 0. The van der Waals surface area contributed by atoms with Crippen LogP contribution in [0, 0.1) is 6.92 Å². The van der Waals surface area contributed by atoms with Crippen molar-refractivity contribution in [2.24, 2.45) is 0 Å². The van der Waals surface area contributed by atoms with Crippen molar-refractivity contribution < 1.29 is 14.3 Å². The Hall–Kier alpha value is -3.31. The van der Waals surface area contributed by atoms with Gasteiger partial charge < -0.3 is 14.4 Å². The van der Waals surface area contributed by atoms with Gasteiger partial charge in [0.05, 0.1) is 7.11 Å². The number of methoxy groups -OCH3 is 1. The number of para-hydroxylation sites is 2. The summed E-state index contributed by atoms with van der Waals surface area (Å²) < 4.78 is 11.3. The summed E-state index contributed by atoms with van der Waals surface area (Å²) in [5.41, 5.74) is 4.26. The monoisotopic (exact) mass is 430 g/mol. The van der Waals surface area contributed by atoms with Gasteiger partial charge in [-0.2, -0.15) is 0 Å². The number of benzene rings is 3. The summed E-state index contributed by atoms with van der Waals surface area (Å²) in [5.74, 6) is 1.47. The van der Waals surface area contributed by atoms with Gasteiger partial charge in [0.15, 0.2) is 11.5 Å². The van der Waals surface area contributed by atoms with E-state index in [4.69, 9.17) is 9.47 Å². The Bertz CT molecular complexity index is 1040. The number of aryl methyl sites for hydroxylation is 1. The van der Waals surface area contributed by atoms with Gasteiger partial charge in [-0.25, -0.2) is 0 Å². The Labute approximate surface area is 190 Å². The number of carbonyl (C=O) groups excluding carboxylic acids is 1. The van der Waals surface area contributed by atoms with Crippen molar-refractivity contribution in [1.82, 2.24) is 9.80 Å². The molecule has 0 aromatic heterocycles. The molecule has 5 heteroatoms. The molecule has 166 valence electrons. The quantitative estimate of drug-likeness (QED) is 0.552. The van der Waals surface area contributed by atoms with Gasteiger partial charge >= 0.3 is 0 Å². The van der Waals surface area contributed by atoms with Crippen molar-refractivity contribution in [3.63, 3.8) is 0 Å². The lowest BCUT2D eigenvalue weighted by atomic mass is 10.1. The van der Waals surface area contributed by atoms with Crippen molar-refractivity contribution in [2.75, 3.05) is 33.3 Å². The molecule has 3 aromatic rings. The number of ether oxygens (including phenoxy) is 2. The van der Waals surface area contributed by atoms with Crippen molar-refractivity contribution >= 4 is 5.91 Å². The summed E-state index contributed by atoms with van der Waals surface area (Å²) in [5, 5.41) is 0. The van der Waals surface area contributed by atoms with Crippen LogP contribution in [0.15, 0.2) is 72.8 Å². The molecule has 1 heterocycles. The summed E-state index contributed by atoms with van der Waals surface area (Å²) in [6, 6.07) is 24.0. The van der Waals surface area contributed by atoms with Crippen LogP contribution >= 0.6 is 0 Å². The fraction of sp³-hybridized carbons (Fsp3) is 0.296. The molecule has 5 nitrogen and oxygen atoms in total. The summed E-state index contributed by atoms with van der Waals surface area (Å²) in [6.07, 6.45) is 0. The Kier molecular flexibility index (Phi) is 7.07. The van der Waals surface area contributed by atoms with Gasteiger partial charge in [0.2, 0.25) is 0 Å². The summed E-state index contributed by atoms with van der Waals surface area (Å²) >= 11 is 0. The maximum absolute atomic E-state index is 13.1. The molecule has 0 unspecified atom stereocenters. The van der Waals surface area contributed by atoms with Gasteiger partial charge in [0.25, 0.3) is 5.91 Å². The van der Waals surface area contributed by atoms with Gasteiger partial charge in [-0.3, -0.25) is 9.69 Å². The second kappa shape index (κ2) is 10.3. The van der Waals surface area contributed by atoms with E-state index in [9.17, 15) is 4.79 Å². The molecule has 0 bridgehead atoms. The number of amides is 1. The largest absolute Gasteiger partial charge is 0.493 e. The topological polar surface area (TPSA) is 42.0 Å². The zero-order valence-electron chi connectivity index (χ0n) is 18.8. The molecule has 4 rings (SSSR count). The van der Waals surface area contributed by atoms with Gasteiger partial charge in [-0.15, -0.1) is 0 Å². The van der Waals surface area contributed by atoms with Crippen LogP contribution in [-0.2, 0) is 13.2 Å². The highest BCUT2D eigenvalue weighted by Crippen LogP contribution is 2.26. The highest BCUT2D eigenvalue weighted by Gasteiger charge is 2.22. The first-order valence-corrected chi connectivity index (χ1v) is 11.0. The van der Waals surface area contributed by atoms with Crippen molar-refractivity contribution in [3.05, 3.63) is 95.1 Å². The highest BCUT2D eigenvalue weighted by molar-refractivity contribution is 5.94. The van der Waals surface area contributed by atoms with Gasteiger partial charge in [0.1, 0.15) is 6.61 Å². The van der Waals surface area contributed by atoms with E-state index in [1.807, 2.05) is 53.4 Å². The van der Waals surface area contributed by atoms with Crippen LogP contribution in [-0.4, -0.2) is 49.0 Å². The lowest BCUT2D eigenvalue weighted by Gasteiger charge is -2.35. The van der Waals surface area contributed by atoms with E-state index in [0.29, 0.717) is 23.7 Å². The predicted molar refractivity (Wildman–Crippen MR) is 126 cm³/mol. The second-order valence-electron chi connectivity index (χ2n) is 8.19. The SMILES string of the molecule is COc1ccccc1OCc1cccc(C(=O)N2CCN(Cc3ccc(C)cc3)CC2)c1. The molecular formula is C27H30N2O3. The van der Waals surface area contributed by atoms with Crippen molar-refractivity contribution in [1.29, 1.82) is 0 Å². The first-order valence-electron chi connectivity index (χ1n) is 11.0. The fourth-order valence-corrected chi connectivity index (χ4v) is 3.94. The van der Waals surface area contributed by atoms with Gasteiger partial charge in [-0.05, 0) is 42.3 Å². The molecule has 0 saturated carbocycles. The van der Waals surface area contributed by atoms with Crippen molar-refractivity contribution in [2.45, 2.75) is 20.1 Å². The smallest absolute Gasteiger partial charge is 0.253 e. The molecule has 32 heavy (non-hydrogen) atoms. The molecular weight excluding hydrogens is 400 g/mol. The Morgan fingerprint density at radius 1 is 0.844 bits per heavy atom. The normalized spacial score (nSPS) is 14.2. The summed E-state index contributed by atoms with van der Waals surface area (Å²) in [6.45, 7) is 6.67. The number of piperazine rings is 1. The van der Waals surface area contributed by atoms with E-state index in [-0.39, 0.29) is 5.91 Å². The minimum atomic E-state index is 0.0825. The minimum absolute atomic E-state index is 0.0825. The molecule has 0 aliphatic carbocycles. The standard InChI is InChI=1S/C27H30N2O3/c1-21-10-12-22(13-11-21)19-28-14-16-29(17-15-28)27(30)24-7-5-6-23(18-24)20-32-26-9-4-3-8-25(26)31-2/h3-13,18H,14-17,19-20H2,1-2H3. The van der Waals surface area contributed by atoms with Crippen LogP contribution in [0.1, 0.15) is 27.0 Å². The number of rotatable bonds is 7.